The molecule has 0 atom stereocenters. The Morgan fingerprint density at radius 2 is 2.00 bits per heavy atom. The monoisotopic (exact) mass is 323 g/mol. The Morgan fingerprint density at radius 3 is 2.75 bits per heavy atom. The molecule has 2 aromatic heterocycles. The van der Waals surface area contributed by atoms with E-state index >= 15 is 0 Å². The van der Waals surface area contributed by atoms with Crippen molar-refractivity contribution in [3.63, 3.8) is 0 Å². The van der Waals surface area contributed by atoms with Gasteiger partial charge in [-0.15, -0.1) is 0 Å². The normalized spacial score (nSPS) is 15.2. The summed E-state index contributed by atoms with van der Waals surface area (Å²) < 4.78 is 1.95. The van der Waals surface area contributed by atoms with Crippen LogP contribution >= 0.6 is 0 Å². The maximum Gasteiger partial charge on any atom is 0.262 e. The molecule has 0 aliphatic heterocycles. The van der Waals surface area contributed by atoms with Crippen molar-refractivity contribution in [2.24, 2.45) is 0 Å². The first-order valence-corrected chi connectivity index (χ1v) is 8.45. The van der Waals surface area contributed by atoms with Crippen LogP contribution in [-0.4, -0.2) is 26.8 Å². The topological polar surface area (TPSA) is 66.8 Å². The average Bonchev–Trinajstić information content (AvgIpc) is 3.24. The number of benzene rings is 1. The highest BCUT2D eigenvalue weighted by molar-refractivity contribution is 5.73. The van der Waals surface area contributed by atoms with Crippen LogP contribution in [-0.2, 0) is 6.54 Å². The van der Waals surface area contributed by atoms with Crippen LogP contribution in [0.5, 0.6) is 0 Å². The van der Waals surface area contributed by atoms with E-state index in [9.17, 15) is 4.79 Å². The second-order valence-corrected chi connectivity index (χ2v) is 6.47. The minimum Gasteiger partial charge on any atom is -0.367 e. The van der Waals surface area contributed by atoms with Gasteiger partial charge in [0, 0.05) is 12.7 Å². The fourth-order valence-corrected chi connectivity index (χ4v) is 3.47. The van der Waals surface area contributed by atoms with Gasteiger partial charge in [0.25, 0.3) is 5.56 Å². The van der Waals surface area contributed by atoms with Gasteiger partial charge in [-0.3, -0.25) is 4.79 Å². The van der Waals surface area contributed by atoms with E-state index in [0.29, 0.717) is 29.4 Å². The lowest BCUT2D eigenvalue weighted by Gasteiger charge is -2.18. The molecule has 1 saturated carbocycles. The molecule has 24 heavy (non-hydrogen) atoms. The van der Waals surface area contributed by atoms with E-state index in [-0.39, 0.29) is 5.56 Å². The van der Waals surface area contributed by atoms with Gasteiger partial charge in [0.2, 0.25) is 0 Å². The number of rotatable bonds is 4. The lowest BCUT2D eigenvalue weighted by Crippen LogP contribution is -2.22. The standard InChI is InChI=1S/C18H21N5O/c1-22(13-7-3-2-4-8-13)12-16-20-17-15(18(24)21-16)11-19-23(17)14-9-5-6-10-14/h2-4,7-8,11,14H,5-6,9-10,12H2,1H3,(H,20,21,24). The first kappa shape index (κ1) is 14.9. The van der Waals surface area contributed by atoms with Crippen LogP contribution in [0.25, 0.3) is 11.0 Å². The van der Waals surface area contributed by atoms with Gasteiger partial charge in [-0.1, -0.05) is 31.0 Å². The number of H-pyrrole nitrogens is 1. The zero-order valence-corrected chi connectivity index (χ0v) is 13.8. The summed E-state index contributed by atoms with van der Waals surface area (Å²) in [6, 6.07) is 10.4. The molecular formula is C18H21N5O. The van der Waals surface area contributed by atoms with E-state index in [4.69, 9.17) is 4.98 Å². The Kier molecular flexibility index (Phi) is 3.80. The number of fused-ring (bicyclic) bond motifs is 1. The van der Waals surface area contributed by atoms with E-state index in [2.05, 4.69) is 15.0 Å². The summed E-state index contributed by atoms with van der Waals surface area (Å²) in [5, 5.41) is 5.01. The Hall–Kier alpha value is -2.63. The SMILES string of the molecule is CN(Cc1nc2c(cnn2C2CCCC2)c(=O)[nH]1)c1ccccc1. The van der Waals surface area contributed by atoms with Crippen molar-refractivity contribution >= 4 is 16.7 Å². The van der Waals surface area contributed by atoms with Gasteiger partial charge in [-0.05, 0) is 25.0 Å². The van der Waals surface area contributed by atoms with E-state index in [0.717, 1.165) is 18.5 Å². The molecule has 1 fully saturated rings. The van der Waals surface area contributed by atoms with Crippen LogP contribution < -0.4 is 10.5 Å². The molecule has 1 aliphatic carbocycles. The van der Waals surface area contributed by atoms with Crippen molar-refractivity contribution in [2.75, 3.05) is 11.9 Å². The van der Waals surface area contributed by atoms with E-state index < -0.39 is 0 Å². The molecule has 2 heterocycles. The highest BCUT2D eigenvalue weighted by Gasteiger charge is 2.21. The summed E-state index contributed by atoms with van der Waals surface area (Å²) >= 11 is 0. The first-order chi connectivity index (χ1) is 11.7. The number of para-hydroxylation sites is 1. The molecule has 1 aromatic carbocycles. The van der Waals surface area contributed by atoms with E-state index in [1.54, 1.807) is 6.20 Å². The molecule has 0 spiro atoms. The second kappa shape index (κ2) is 6.11. The predicted octanol–water partition coefficient (Wildman–Crippen LogP) is 2.87. The van der Waals surface area contributed by atoms with Gasteiger partial charge in [0.05, 0.1) is 18.8 Å². The van der Waals surface area contributed by atoms with Crippen molar-refractivity contribution < 1.29 is 0 Å². The Bertz CT molecular complexity index is 893. The summed E-state index contributed by atoms with van der Waals surface area (Å²) in [5.74, 6) is 0.665. The smallest absolute Gasteiger partial charge is 0.262 e. The number of anilines is 1. The first-order valence-electron chi connectivity index (χ1n) is 8.45. The number of hydrogen-bond donors (Lipinski definition) is 1. The third-order valence-electron chi connectivity index (χ3n) is 4.77. The number of nitrogens with one attached hydrogen (secondary N) is 1. The van der Waals surface area contributed by atoms with Crippen molar-refractivity contribution in [1.82, 2.24) is 19.7 Å². The fourth-order valence-electron chi connectivity index (χ4n) is 3.47. The Morgan fingerprint density at radius 1 is 1.25 bits per heavy atom. The third kappa shape index (κ3) is 2.68. The molecule has 124 valence electrons. The molecule has 3 aromatic rings. The highest BCUT2D eigenvalue weighted by Crippen LogP contribution is 2.30. The molecule has 1 N–H and O–H groups in total. The van der Waals surface area contributed by atoms with Gasteiger partial charge in [-0.2, -0.15) is 5.10 Å². The van der Waals surface area contributed by atoms with Gasteiger partial charge >= 0.3 is 0 Å². The molecule has 0 unspecified atom stereocenters. The number of aromatic nitrogens is 4. The lowest BCUT2D eigenvalue weighted by molar-refractivity contribution is 0.478. The van der Waals surface area contributed by atoms with Crippen LogP contribution in [0.15, 0.2) is 41.3 Å². The maximum atomic E-state index is 12.4. The van der Waals surface area contributed by atoms with Crippen LogP contribution in [0.2, 0.25) is 0 Å². The van der Waals surface area contributed by atoms with Crippen LogP contribution in [0, 0.1) is 0 Å². The second-order valence-electron chi connectivity index (χ2n) is 6.47. The number of aromatic amines is 1. The van der Waals surface area contributed by atoms with E-state index in [1.807, 2.05) is 42.1 Å². The molecule has 1 aliphatic rings. The minimum absolute atomic E-state index is 0.110. The summed E-state index contributed by atoms with van der Waals surface area (Å²) in [5.41, 5.74) is 1.69. The van der Waals surface area contributed by atoms with Crippen molar-refractivity contribution in [3.8, 4) is 0 Å². The van der Waals surface area contributed by atoms with Crippen LogP contribution in [0.1, 0.15) is 37.5 Å². The Labute approximate surface area is 140 Å². The van der Waals surface area contributed by atoms with E-state index in [1.165, 1.54) is 12.8 Å². The average molecular weight is 323 g/mol. The van der Waals surface area contributed by atoms with Crippen molar-refractivity contribution in [2.45, 2.75) is 38.3 Å². The molecule has 6 heteroatoms. The summed E-state index contributed by atoms with van der Waals surface area (Å²) in [7, 11) is 1.99. The highest BCUT2D eigenvalue weighted by atomic mass is 16.1. The maximum absolute atomic E-state index is 12.4. The zero-order chi connectivity index (χ0) is 16.5. The molecule has 6 nitrogen and oxygen atoms in total. The molecule has 0 saturated heterocycles. The zero-order valence-electron chi connectivity index (χ0n) is 13.8. The van der Waals surface area contributed by atoms with Gasteiger partial charge in [-0.25, -0.2) is 9.67 Å². The lowest BCUT2D eigenvalue weighted by atomic mass is 10.2. The summed E-state index contributed by atoms with van der Waals surface area (Å²) in [4.78, 5) is 22.1. The van der Waals surface area contributed by atoms with Gasteiger partial charge in [0.15, 0.2) is 5.65 Å². The van der Waals surface area contributed by atoms with Crippen molar-refractivity contribution in [1.29, 1.82) is 0 Å². The summed E-state index contributed by atoms with van der Waals surface area (Å²) in [6.07, 6.45) is 6.32. The minimum atomic E-state index is -0.110. The number of hydrogen-bond acceptors (Lipinski definition) is 4. The largest absolute Gasteiger partial charge is 0.367 e. The van der Waals surface area contributed by atoms with Gasteiger partial charge in [0.1, 0.15) is 11.2 Å². The quantitative estimate of drug-likeness (QED) is 0.802. The molecule has 0 radical (unpaired) electrons. The Balaban J connectivity index is 1.68. The summed E-state index contributed by atoms with van der Waals surface area (Å²) in [6.45, 7) is 0.547. The predicted molar refractivity (Wildman–Crippen MR) is 94.2 cm³/mol. The third-order valence-corrected chi connectivity index (χ3v) is 4.77. The molecule has 0 bridgehead atoms. The fraction of sp³-hybridized carbons (Fsp3) is 0.389. The van der Waals surface area contributed by atoms with Crippen molar-refractivity contribution in [3.05, 3.63) is 52.7 Å². The number of nitrogens with zero attached hydrogens (tertiary/aromatic N) is 4. The van der Waals surface area contributed by atoms with Crippen LogP contribution in [0.4, 0.5) is 5.69 Å². The molecule has 0 amide bonds. The molecular weight excluding hydrogens is 302 g/mol. The van der Waals surface area contributed by atoms with Gasteiger partial charge < -0.3 is 9.88 Å². The van der Waals surface area contributed by atoms with Crippen LogP contribution in [0.3, 0.4) is 0 Å². The molecule has 4 rings (SSSR count).